The number of carboxylic acids is 4. The number of hydrogen-bond donors (Lipinski definition) is 4. The van der Waals surface area contributed by atoms with Gasteiger partial charge in [0.25, 0.3) is 0 Å². The van der Waals surface area contributed by atoms with Gasteiger partial charge in [-0.05, 0) is 35.0 Å². The van der Waals surface area contributed by atoms with Crippen LogP contribution in [0.25, 0.3) is 43.1 Å². The maximum Gasteiger partial charge on any atom is 0.336 e. The van der Waals surface area contributed by atoms with E-state index in [9.17, 15) is 39.6 Å². The Morgan fingerprint density at radius 2 is 0.794 bits per heavy atom. The summed E-state index contributed by atoms with van der Waals surface area (Å²) in [6.07, 6.45) is 0. The van der Waals surface area contributed by atoms with Crippen molar-refractivity contribution in [1.82, 2.24) is 0 Å². The zero-order valence-corrected chi connectivity index (χ0v) is 18.2. The average molecular weight is 497 g/mol. The van der Waals surface area contributed by atoms with Crippen LogP contribution in [0.2, 0.25) is 10.0 Å². The first-order valence-electron chi connectivity index (χ1n) is 9.56. The van der Waals surface area contributed by atoms with Crippen molar-refractivity contribution in [1.29, 1.82) is 0 Å². The quantitative estimate of drug-likeness (QED) is 0.179. The second kappa shape index (κ2) is 7.18. The summed E-state index contributed by atoms with van der Waals surface area (Å²) < 4.78 is 0. The number of carbonyl (C=O) groups is 4. The van der Waals surface area contributed by atoms with Crippen LogP contribution < -0.4 is 0 Å². The summed E-state index contributed by atoms with van der Waals surface area (Å²) in [4.78, 5) is 47.9. The maximum absolute atomic E-state index is 12.0. The Morgan fingerprint density at radius 3 is 1.09 bits per heavy atom. The van der Waals surface area contributed by atoms with Crippen LogP contribution in [0.15, 0.2) is 36.4 Å². The standard InChI is InChI=1S/C24H10Cl2O8/c25-13-5-12(24(33)34)16-10(22(29)30)4-2-8-18-14(26)6-11(23(31)32)15-9(21(27)28)3-1-7(19(15)18)17(13)20(8)16/h1-6H,(H,27,28)(H,29,30)(H,31,32)(H,33,34). The lowest BCUT2D eigenvalue weighted by atomic mass is 9.84. The van der Waals surface area contributed by atoms with Crippen molar-refractivity contribution in [2.45, 2.75) is 0 Å². The number of hydrogen-bond acceptors (Lipinski definition) is 4. The van der Waals surface area contributed by atoms with Crippen LogP contribution in [0.5, 0.6) is 0 Å². The summed E-state index contributed by atoms with van der Waals surface area (Å²) in [6, 6.07) is 7.56. The molecule has 0 atom stereocenters. The van der Waals surface area contributed by atoms with Gasteiger partial charge in [0.2, 0.25) is 0 Å². The second-order valence-electron chi connectivity index (χ2n) is 7.60. The van der Waals surface area contributed by atoms with Crippen LogP contribution in [0.1, 0.15) is 41.4 Å². The van der Waals surface area contributed by atoms with Gasteiger partial charge in [-0.3, -0.25) is 0 Å². The van der Waals surface area contributed by atoms with Crippen molar-refractivity contribution < 1.29 is 39.6 Å². The molecule has 4 N–H and O–H groups in total. The molecule has 0 bridgehead atoms. The molecule has 0 aliphatic rings. The summed E-state index contributed by atoms with van der Waals surface area (Å²) in [5.74, 6) is -5.49. The molecule has 5 aromatic carbocycles. The fraction of sp³-hybridized carbons (Fsp3) is 0. The zero-order chi connectivity index (χ0) is 24.6. The third kappa shape index (κ3) is 2.73. The summed E-state index contributed by atoms with van der Waals surface area (Å²) in [5, 5.41) is 40.4. The third-order valence-corrected chi connectivity index (χ3v) is 6.53. The molecule has 0 aliphatic carbocycles. The predicted molar refractivity (Wildman–Crippen MR) is 126 cm³/mol. The van der Waals surface area contributed by atoms with E-state index in [1.807, 2.05) is 0 Å². The van der Waals surface area contributed by atoms with Gasteiger partial charge in [-0.1, -0.05) is 35.3 Å². The smallest absolute Gasteiger partial charge is 0.336 e. The molecule has 0 fully saturated rings. The second-order valence-corrected chi connectivity index (χ2v) is 8.42. The minimum Gasteiger partial charge on any atom is -0.478 e. The van der Waals surface area contributed by atoms with Crippen molar-refractivity contribution >= 4 is 90.2 Å². The van der Waals surface area contributed by atoms with Crippen molar-refractivity contribution in [3.8, 4) is 0 Å². The topological polar surface area (TPSA) is 149 Å². The number of benzene rings is 5. The molecule has 0 spiro atoms. The molecule has 5 rings (SSSR count). The largest absolute Gasteiger partial charge is 0.478 e. The third-order valence-electron chi connectivity index (χ3n) is 5.93. The number of halogens is 2. The van der Waals surface area contributed by atoms with Crippen LogP contribution in [0, 0.1) is 0 Å². The fourth-order valence-electron chi connectivity index (χ4n) is 4.70. The van der Waals surface area contributed by atoms with Gasteiger partial charge in [0.15, 0.2) is 0 Å². The van der Waals surface area contributed by atoms with Crippen LogP contribution in [0.4, 0.5) is 0 Å². The molecule has 34 heavy (non-hydrogen) atoms. The molecule has 0 unspecified atom stereocenters. The normalized spacial score (nSPS) is 11.6. The molecule has 168 valence electrons. The fourth-order valence-corrected chi connectivity index (χ4v) is 5.31. The SMILES string of the molecule is O=C(O)c1ccc2c3c(Cl)cc(C(=O)O)c4c(C(=O)O)ccc(c5c(Cl)cc(C(=O)O)c1c25)c43. The monoisotopic (exact) mass is 496 g/mol. The van der Waals surface area contributed by atoms with E-state index < -0.39 is 23.9 Å². The van der Waals surface area contributed by atoms with Crippen LogP contribution in [-0.2, 0) is 0 Å². The highest BCUT2D eigenvalue weighted by atomic mass is 35.5. The van der Waals surface area contributed by atoms with Gasteiger partial charge in [-0.25, -0.2) is 19.2 Å². The van der Waals surface area contributed by atoms with Crippen molar-refractivity contribution in [2.24, 2.45) is 0 Å². The van der Waals surface area contributed by atoms with E-state index in [-0.39, 0.29) is 64.6 Å². The molecule has 0 saturated carbocycles. The number of fused-ring (bicyclic) bond motifs is 2. The van der Waals surface area contributed by atoms with Gasteiger partial charge in [0.1, 0.15) is 0 Å². The first-order valence-corrected chi connectivity index (χ1v) is 10.3. The summed E-state index contributed by atoms with van der Waals surface area (Å²) in [5.41, 5.74) is -1.20. The van der Waals surface area contributed by atoms with Crippen molar-refractivity contribution in [2.75, 3.05) is 0 Å². The molecule has 0 aliphatic heterocycles. The summed E-state index contributed by atoms with van der Waals surface area (Å²) in [7, 11) is 0. The summed E-state index contributed by atoms with van der Waals surface area (Å²) in [6.45, 7) is 0. The van der Waals surface area contributed by atoms with E-state index in [1.54, 1.807) is 0 Å². The van der Waals surface area contributed by atoms with E-state index in [0.29, 0.717) is 10.8 Å². The Morgan fingerprint density at radius 1 is 0.471 bits per heavy atom. The maximum atomic E-state index is 12.0. The molecule has 0 heterocycles. The lowest BCUT2D eigenvalue weighted by Crippen LogP contribution is -2.07. The van der Waals surface area contributed by atoms with Crippen molar-refractivity contribution in [3.63, 3.8) is 0 Å². The molecule has 10 heteroatoms. The molecular formula is C24H10Cl2O8. The average Bonchev–Trinajstić information content (AvgIpc) is 2.77. The highest BCUT2D eigenvalue weighted by Crippen LogP contribution is 2.48. The van der Waals surface area contributed by atoms with Crippen LogP contribution >= 0.6 is 23.2 Å². The Kier molecular flexibility index (Phi) is 4.58. The first-order chi connectivity index (χ1) is 16.0. The minimum absolute atomic E-state index is 0.0273. The number of aromatic carboxylic acids is 4. The van der Waals surface area contributed by atoms with Gasteiger partial charge in [0.05, 0.1) is 22.3 Å². The first kappa shape index (κ1) is 21.7. The van der Waals surface area contributed by atoms with Gasteiger partial charge in [-0.15, -0.1) is 0 Å². The zero-order valence-electron chi connectivity index (χ0n) is 16.6. The Balaban J connectivity index is 2.25. The summed E-state index contributed by atoms with van der Waals surface area (Å²) >= 11 is 13.0. The van der Waals surface area contributed by atoms with E-state index in [4.69, 9.17) is 23.2 Å². The Bertz CT molecular complexity index is 1660. The highest BCUT2D eigenvalue weighted by Gasteiger charge is 2.28. The van der Waals surface area contributed by atoms with Crippen molar-refractivity contribution in [3.05, 3.63) is 68.7 Å². The molecule has 0 radical (unpaired) electrons. The molecular weight excluding hydrogens is 487 g/mol. The Hall–Kier alpha value is -4.14. The minimum atomic E-state index is -1.39. The number of rotatable bonds is 4. The van der Waals surface area contributed by atoms with E-state index in [1.165, 1.54) is 24.3 Å². The molecule has 0 aromatic heterocycles. The number of carboxylic acid groups (broad SMARTS) is 4. The van der Waals surface area contributed by atoms with Gasteiger partial charge in [-0.2, -0.15) is 0 Å². The molecule has 0 saturated heterocycles. The molecule has 5 aromatic rings. The van der Waals surface area contributed by atoms with Gasteiger partial charge >= 0.3 is 23.9 Å². The highest BCUT2D eigenvalue weighted by molar-refractivity contribution is 6.49. The van der Waals surface area contributed by atoms with Gasteiger partial charge < -0.3 is 20.4 Å². The molecule has 8 nitrogen and oxygen atoms in total. The van der Waals surface area contributed by atoms with E-state index in [2.05, 4.69) is 0 Å². The predicted octanol–water partition coefficient (Wildman–Crippen LogP) is 5.84. The van der Waals surface area contributed by atoms with E-state index >= 15 is 0 Å². The lowest BCUT2D eigenvalue weighted by molar-refractivity contribution is 0.0681. The lowest BCUT2D eigenvalue weighted by Gasteiger charge is -2.20. The van der Waals surface area contributed by atoms with E-state index in [0.717, 1.165) is 12.1 Å². The van der Waals surface area contributed by atoms with Gasteiger partial charge in [0, 0.05) is 42.4 Å². The van der Waals surface area contributed by atoms with Crippen LogP contribution in [-0.4, -0.2) is 44.3 Å². The Labute approximate surface area is 198 Å². The molecule has 0 amide bonds. The van der Waals surface area contributed by atoms with Crippen LogP contribution in [0.3, 0.4) is 0 Å².